The summed E-state index contributed by atoms with van der Waals surface area (Å²) in [5.74, 6) is 1.70. The van der Waals surface area contributed by atoms with E-state index in [0.29, 0.717) is 0 Å². The van der Waals surface area contributed by atoms with Crippen LogP contribution in [0.3, 0.4) is 0 Å². The number of nitrogens with one attached hydrogen (secondary N) is 1. The lowest BCUT2D eigenvalue weighted by atomic mass is 10.1. The molecule has 0 atom stereocenters. The Morgan fingerprint density at radius 3 is 2.45 bits per heavy atom. The van der Waals surface area contributed by atoms with Gasteiger partial charge in [0.15, 0.2) is 0 Å². The average molecular weight is 290 g/mol. The van der Waals surface area contributed by atoms with Crippen LogP contribution in [0.25, 0.3) is 17.4 Å². The van der Waals surface area contributed by atoms with Crippen molar-refractivity contribution in [3.05, 3.63) is 53.3 Å². The Morgan fingerprint density at radius 2 is 1.80 bits per heavy atom. The predicted octanol–water partition coefficient (Wildman–Crippen LogP) is 5.00. The standard InChI is InChI=1S/C17H20ClNO/c1-17(2,3)19-12-4-5-15-10-11-16(20-15)13-6-8-14(18)9-7-13/h4-11,19H,12H2,1-3H3. The predicted molar refractivity (Wildman–Crippen MR) is 85.9 cm³/mol. The second kappa shape index (κ2) is 6.29. The summed E-state index contributed by atoms with van der Waals surface area (Å²) in [6.45, 7) is 7.26. The minimum Gasteiger partial charge on any atom is -0.457 e. The van der Waals surface area contributed by atoms with Gasteiger partial charge in [-0.2, -0.15) is 0 Å². The van der Waals surface area contributed by atoms with Crippen molar-refractivity contribution >= 4 is 17.7 Å². The highest BCUT2D eigenvalue weighted by Crippen LogP contribution is 2.24. The van der Waals surface area contributed by atoms with E-state index in [1.165, 1.54) is 0 Å². The second-order valence-corrected chi connectivity index (χ2v) is 6.18. The van der Waals surface area contributed by atoms with E-state index in [0.717, 1.165) is 28.7 Å². The van der Waals surface area contributed by atoms with Crippen molar-refractivity contribution in [2.75, 3.05) is 6.54 Å². The van der Waals surface area contributed by atoms with Crippen molar-refractivity contribution in [2.24, 2.45) is 0 Å². The van der Waals surface area contributed by atoms with Crippen LogP contribution in [0.1, 0.15) is 26.5 Å². The van der Waals surface area contributed by atoms with Gasteiger partial charge in [-0.3, -0.25) is 0 Å². The van der Waals surface area contributed by atoms with Gasteiger partial charge in [-0.05, 0) is 63.2 Å². The summed E-state index contributed by atoms with van der Waals surface area (Å²) in [4.78, 5) is 0. The van der Waals surface area contributed by atoms with Gasteiger partial charge < -0.3 is 9.73 Å². The van der Waals surface area contributed by atoms with Crippen LogP contribution in [0.2, 0.25) is 5.02 Å². The highest BCUT2D eigenvalue weighted by atomic mass is 35.5. The number of benzene rings is 1. The van der Waals surface area contributed by atoms with Crippen LogP contribution in [0.5, 0.6) is 0 Å². The summed E-state index contributed by atoms with van der Waals surface area (Å²) in [5, 5.41) is 4.12. The lowest BCUT2D eigenvalue weighted by molar-refractivity contribution is 0.449. The maximum Gasteiger partial charge on any atom is 0.134 e. The Labute approximate surface area is 125 Å². The van der Waals surface area contributed by atoms with Crippen molar-refractivity contribution in [2.45, 2.75) is 26.3 Å². The first-order valence-corrected chi connectivity index (χ1v) is 7.09. The van der Waals surface area contributed by atoms with Crippen LogP contribution in [0, 0.1) is 0 Å². The van der Waals surface area contributed by atoms with E-state index in [4.69, 9.17) is 16.0 Å². The number of rotatable bonds is 4. The van der Waals surface area contributed by atoms with E-state index in [-0.39, 0.29) is 5.54 Å². The molecule has 1 aromatic carbocycles. The highest BCUT2D eigenvalue weighted by Gasteiger charge is 2.06. The van der Waals surface area contributed by atoms with Gasteiger partial charge in [-0.15, -0.1) is 0 Å². The summed E-state index contributed by atoms with van der Waals surface area (Å²) in [6, 6.07) is 11.6. The number of hydrogen-bond acceptors (Lipinski definition) is 2. The zero-order valence-corrected chi connectivity index (χ0v) is 12.9. The topological polar surface area (TPSA) is 25.2 Å². The van der Waals surface area contributed by atoms with E-state index < -0.39 is 0 Å². The van der Waals surface area contributed by atoms with Crippen LogP contribution >= 0.6 is 11.6 Å². The first-order valence-electron chi connectivity index (χ1n) is 6.71. The molecule has 2 rings (SSSR count). The fourth-order valence-electron chi connectivity index (χ4n) is 1.75. The molecule has 0 saturated carbocycles. The van der Waals surface area contributed by atoms with Gasteiger partial charge in [-0.25, -0.2) is 0 Å². The first-order chi connectivity index (χ1) is 9.44. The molecule has 0 spiro atoms. The average Bonchev–Trinajstić information content (AvgIpc) is 2.83. The molecule has 1 heterocycles. The van der Waals surface area contributed by atoms with Crippen molar-refractivity contribution < 1.29 is 4.42 Å². The number of halogens is 1. The Bertz CT molecular complexity index is 576. The number of furan rings is 1. The van der Waals surface area contributed by atoms with Crippen molar-refractivity contribution in [3.63, 3.8) is 0 Å². The van der Waals surface area contributed by atoms with Crippen LogP contribution in [-0.4, -0.2) is 12.1 Å². The largest absolute Gasteiger partial charge is 0.457 e. The van der Waals surface area contributed by atoms with E-state index in [1.54, 1.807) is 0 Å². The minimum absolute atomic E-state index is 0.127. The normalized spacial score (nSPS) is 12.2. The Hall–Kier alpha value is -1.51. The molecule has 2 aromatic rings. The van der Waals surface area contributed by atoms with Gasteiger partial charge in [0.1, 0.15) is 11.5 Å². The molecule has 1 aromatic heterocycles. The molecule has 0 amide bonds. The zero-order chi connectivity index (χ0) is 14.6. The van der Waals surface area contributed by atoms with Gasteiger partial charge in [-0.1, -0.05) is 17.7 Å². The van der Waals surface area contributed by atoms with Crippen molar-refractivity contribution in [3.8, 4) is 11.3 Å². The molecule has 106 valence electrons. The molecule has 0 radical (unpaired) electrons. The Balaban J connectivity index is 1.99. The summed E-state index contributed by atoms with van der Waals surface area (Å²) in [5.41, 5.74) is 1.16. The number of hydrogen-bond donors (Lipinski definition) is 1. The quantitative estimate of drug-likeness (QED) is 0.857. The molecule has 1 N–H and O–H groups in total. The summed E-state index contributed by atoms with van der Waals surface area (Å²) in [7, 11) is 0. The summed E-state index contributed by atoms with van der Waals surface area (Å²) in [6.07, 6.45) is 4.05. The highest BCUT2D eigenvalue weighted by molar-refractivity contribution is 6.30. The molecule has 3 heteroatoms. The third-order valence-corrected chi connectivity index (χ3v) is 3.04. The van der Waals surface area contributed by atoms with E-state index in [1.807, 2.05) is 42.5 Å². The molecular formula is C17H20ClNO. The van der Waals surface area contributed by atoms with Crippen molar-refractivity contribution in [1.82, 2.24) is 5.32 Å². The lowest BCUT2D eigenvalue weighted by Crippen LogP contribution is -2.35. The molecule has 2 nitrogen and oxygen atoms in total. The molecule has 0 unspecified atom stereocenters. The SMILES string of the molecule is CC(C)(C)NCC=Cc1ccc(-c2ccc(Cl)cc2)o1. The van der Waals surface area contributed by atoms with E-state index in [2.05, 4.69) is 32.2 Å². The smallest absolute Gasteiger partial charge is 0.134 e. The molecule has 0 bridgehead atoms. The third kappa shape index (κ3) is 4.55. The minimum atomic E-state index is 0.127. The maximum atomic E-state index is 5.88. The third-order valence-electron chi connectivity index (χ3n) is 2.79. The van der Waals surface area contributed by atoms with Crippen LogP contribution in [-0.2, 0) is 0 Å². The molecule has 0 saturated heterocycles. The molecule has 0 aliphatic heterocycles. The summed E-state index contributed by atoms with van der Waals surface area (Å²) < 4.78 is 5.78. The van der Waals surface area contributed by atoms with Crippen LogP contribution in [0.15, 0.2) is 46.9 Å². The van der Waals surface area contributed by atoms with Gasteiger partial charge in [0.05, 0.1) is 0 Å². The molecule has 20 heavy (non-hydrogen) atoms. The monoisotopic (exact) mass is 289 g/mol. The fourth-order valence-corrected chi connectivity index (χ4v) is 1.88. The summed E-state index contributed by atoms with van der Waals surface area (Å²) >= 11 is 5.88. The fraction of sp³-hybridized carbons (Fsp3) is 0.294. The van der Waals surface area contributed by atoms with Gasteiger partial charge >= 0.3 is 0 Å². The van der Waals surface area contributed by atoms with Gasteiger partial charge in [0, 0.05) is 22.7 Å². The molecule has 0 fully saturated rings. The lowest BCUT2D eigenvalue weighted by Gasteiger charge is -2.18. The van der Waals surface area contributed by atoms with Gasteiger partial charge in [0.2, 0.25) is 0 Å². The van der Waals surface area contributed by atoms with E-state index in [9.17, 15) is 0 Å². The molecule has 0 aliphatic carbocycles. The second-order valence-electron chi connectivity index (χ2n) is 5.74. The van der Waals surface area contributed by atoms with Gasteiger partial charge in [0.25, 0.3) is 0 Å². The zero-order valence-electron chi connectivity index (χ0n) is 12.1. The first kappa shape index (κ1) is 14.9. The molecule has 0 aliphatic rings. The maximum absolute atomic E-state index is 5.88. The Kier molecular flexibility index (Phi) is 4.69. The Morgan fingerprint density at radius 1 is 1.10 bits per heavy atom. The molecular weight excluding hydrogens is 270 g/mol. The van der Waals surface area contributed by atoms with E-state index >= 15 is 0 Å². The van der Waals surface area contributed by atoms with Crippen LogP contribution < -0.4 is 5.32 Å². The van der Waals surface area contributed by atoms with Crippen molar-refractivity contribution in [1.29, 1.82) is 0 Å². The van der Waals surface area contributed by atoms with Crippen LogP contribution in [0.4, 0.5) is 0 Å².